The van der Waals surface area contributed by atoms with Gasteiger partial charge in [0.05, 0.1) is 19.8 Å². The van der Waals surface area contributed by atoms with Crippen LogP contribution in [-0.4, -0.2) is 58.7 Å². The molecule has 0 aromatic carbocycles. The summed E-state index contributed by atoms with van der Waals surface area (Å²) in [7, 11) is 0. The van der Waals surface area contributed by atoms with Crippen LogP contribution < -0.4 is 10.1 Å². The number of halogens is 3. The van der Waals surface area contributed by atoms with Gasteiger partial charge >= 0.3 is 6.18 Å². The maximum absolute atomic E-state index is 13.0. The Morgan fingerprint density at radius 2 is 2.09 bits per heavy atom. The summed E-state index contributed by atoms with van der Waals surface area (Å²) in [5.74, 6) is 0.385. The summed E-state index contributed by atoms with van der Waals surface area (Å²) in [6.07, 6.45) is -0.402. The summed E-state index contributed by atoms with van der Waals surface area (Å²) in [6, 6.07) is 1.18. The summed E-state index contributed by atoms with van der Waals surface area (Å²) in [6.45, 7) is 1.99. The largest absolute Gasteiger partial charge is 0.484 e. The highest BCUT2D eigenvalue weighted by Gasteiger charge is 2.40. The first-order valence-electron chi connectivity index (χ1n) is 10.6. The molecule has 1 amide bonds. The number of hydrogen-bond acceptors (Lipinski definition) is 8. The molecule has 2 aromatic heterocycles. The van der Waals surface area contributed by atoms with Gasteiger partial charge in [-0.2, -0.15) is 18.2 Å². The third kappa shape index (κ3) is 7.39. The Hall–Kier alpha value is -2.73. The second kappa shape index (κ2) is 10.5. The maximum atomic E-state index is 13.0. The van der Waals surface area contributed by atoms with E-state index in [1.165, 1.54) is 12.3 Å². The monoisotopic (exact) mass is 472 g/mol. The summed E-state index contributed by atoms with van der Waals surface area (Å²) in [5, 5.41) is 15.6. The van der Waals surface area contributed by atoms with Gasteiger partial charge in [0.2, 0.25) is 5.89 Å². The van der Waals surface area contributed by atoms with Crippen LogP contribution in [0.15, 0.2) is 16.8 Å². The zero-order chi connectivity index (χ0) is 24.1. The van der Waals surface area contributed by atoms with Crippen LogP contribution >= 0.6 is 0 Å². The molecule has 2 aromatic rings. The zero-order valence-corrected chi connectivity index (χ0v) is 18.4. The molecule has 0 bridgehead atoms. The van der Waals surface area contributed by atoms with Crippen molar-refractivity contribution in [2.24, 2.45) is 5.92 Å². The van der Waals surface area contributed by atoms with E-state index in [4.69, 9.17) is 19.1 Å². The number of pyridine rings is 1. The van der Waals surface area contributed by atoms with Crippen molar-refractivity contribution in [3.8, 4) is 5.75 Å². The fourth-order valence-corrected chi connectivity index (χ4v) is 3.36. The molecule has 1 aliphatic carbocycles. The maximum Gasteiger partial charge on any atom is 0.422 e. The van der Waals surface area contributed by atoms with E-state index >= 15 is 0 Å². The van der Waals surface area contributed by atoms with Crippen LogP contribution in [0, 0.1) is 12.8 Å². The highest BCUT2D eigenvalue weighted by Crippen LogP contribution is 2.40. The number of nitrogens with one attached hydrogen (secondary N) is 1. The molecule has 0 spiro atoms. The van der Waals surface area contributed by atoms with Gasteiger partial charge in [0.25, 0.3) is 5.91 Å². The number of aliphatic hydroxyl groups excluding tert-OH is 1. The second-order valence-corrected chi connectivity index (χ2v) is 8.24. The van der Waals surface area contributed by atoms with Gasteiger partial charge in [-0.3, -0.25) is 9.78 Å². The van der Waals surface area contributed by atoms with Crippen molar-refractivity contribution in [2.75, 3.05) is 26.4 Å². The van der Waals surface area contributed by atoms with E-state index in [9.17, 15) is 18.0 Å². The number of carbonyl (C=O) groups is 1. The highest BCUT2D eigenvalue weighted by molar-refractivity contribution is 5.93. The fourth-order valence-electron chi connectivity index (χ4n) is 3.36. The van der Waals surface area contributed by atoms with Gasteiger partial charge in [-0.1, -0.05) is 18.0 Å². The smallest absolute Gasteiger partial charge is 0.422 e. The number of aryl methyl sites for hydroxylation is 1. The van der Waals surface area contributed by atoms with Crippen molar-refractivity contribution in [3.05, 3.63) is 35.2 Å². The van der Waals surface area contributed by atoms with Crippen LogP contribution in [0.2, 0.25) is 0 Å². The van der Waals surface area contributed by atoms with Crippen molar-refractivity contribution in [3.63, 3.8) is 0 Å². The Labute approximate surface area is 188 Å². The first-order chi connectivity index (χ1) is 15.6. The van der Waals surface area contributed by atoms with E-state index in [1.807, 2.05) is 0 Å². The normalized spacial score (nSPS) is 15.8. The lowest BCUT2D eigenvalue weighted by Crippen LogP contribution is -2.45. The molecular formula is C21H27F3N4O5. The molecule has 1 unspecified atom stereocenters. The molecule has 12 heteroatoms. The number of rotatable bonds is 12. The molecule has 1 atom stereocenters. The molecular weight excluding hydrogens is 445 g/mol. The predicted molar refractivity (Wildman–Crippen MR) is 109 cm³/mol. The van der Waals surface area contributed by atoms with Crippen LogP contribution in [-0.2, 0) is 16.7 Å². The quantitative estimate of drug-likeness (QED) is 0.453. The van der Waals surface area contributed by atoms with Crippen LogP contribution in [0.25, 0.3) is 0 Å². The summed E-state index contributed by atoms with van der Waals surface area (Å²) < 4.78 is 53.4. The molecule has 1 fully saturated rings. The minimum absolute atomic E-state index is 0.0990. The van der Waals surface area contributed by atoms with Gasteiger partial charge in [-0.15, -0.1) is 0 Å². The van der Waals surface area contributed by atoms with Gasteiger partial charge in [0, 0.05) is 31.2 Å². The third-order valence-electron chi connectivity index (χ3n) is 5.12. The summed E-state index contributed by atoms with van der Waals surface area (Å²) >= 11 is 0. The van der Waals surface area contributed by atoms with Gasteiger partial charge in [0.15, 0.2) is 12.4 Å². The summed E-state index contributed by atoms with van der Waals surface area (Å²) in [4.78, 5) is 21.4. The van der Waals surface area contributed by atoms with Crippen molar-refractivity contribution in [1.82, 2.24) is 20.4 Å². The first kappa shape index (κ1) is 24.9. The minimum atomic E-state index is -4.55. The van der Waals surface area contributed by atoms with Crippen molar-refractivity contribution >= 4 is 5.91 Å². The zero-order valence-electron chi connectivity index (χ0n) is 18.4. The Morgan fingerprint density at radius 1 is 1.33 bits per heavy atom. The average molecular weight is 472 g/mol. The molecule has 33 heavy (non-hydrogen) atoms. The van der Waals surface area contributed by atoms with Crippen LogP contribution in [0.1, 0.15) is 54.0 Å². The van der Waals surface area contributed by atoms with E-state index in [-0.39, 0.29) is 37.7 Å². The van der Waals surface area contributed by atoms with Gasteiger partial charge in [0.1, 0.15) is 17.0 Å². The topological polar surface area (TPSA) is 120 Å². The Morgan fingerprint density at radius 3 is 2.70 bits per heavy atom. The predicted octanol–water partition coefficient (Wildman–Crippen LogP) is 2.71. The lowest BCUT2D eigenvalue weighted by molar-refractivity contribution is -0.153. The molecule has 1 saturated carbocycles. The standard InChI is InChI=1S/C21H27F3N4O5/c1-13-26-19(28-33-13)20(2,10-14-3-4-14)27-18(30)16-9-17(32-12-21(22,23)24)15(11-25-16)5-7-31-8-6-29/h9,11,14,29H,3-8,10,12H2,1-2H3,(H,27,30). The SMILES string of the molecule is Cc1nc(C(C)(CC2CC2)NC(=O)c2cc(OCC(F)(F)F)c(CCOCCO)cn2)no1. The van der Waals surface area contributed by atoms with Crippen molar-refractivity contribution in [2.45, 2.75) is 51.2 Å². The number of aromatic nitrogens is 3. The molecule has 182 valence electrons. The fraction of sp³-hybridized carbons (Fsp3) is 0.619. The molecule has 0 saturated heterocycles. The molecule has 9 nitrogen and oxygen atoms in total. The van der Waals surface area contributed by atoms with E-state index in [1.54, 1.807) is 13.8 Å². The number of nitrogens with zero attached hydrogens (tertiary/aromatic N) is 3. The Kier molecular flexibility index (Phi) is 7.90. The van der Waals surface area contributed by atoms with Crippen LogP contribution in [0.3, 0.4) is 0 Å². The highest BCUT2D eigenvalue weighted by atomic mass is 19.4. The van der Waals surface area contributed by atoms with Crippen LogP contribution in [0.5, 0.6) is 5.75 Å². The number of carbonyl (C=O) groups excluding carboxylic acids is 1. The van der Waals surface area contributed by atoms with Gasteiger partial charge in [-0.05, 0) is 19.3 Å². The molecule has 2 N–H and O–H groups in total. The molecule has 2 heterocycles. The molecule has 0 aliphatic heterocycles. The Balaban J connectivity index is 1.79. The van der Waals surface area contributed by atoms with Crippen molar-refractivity contribution < 1.29 is 37.1 Å². The lowest BCUT2D eigenvalue weighted by atomic mass is 9.93. The number of hydrogen-bond donors (Lipinski definition) is 2. The third-order valence-corrected chi connectivity index (χ3v) is 5.12. The second-order valence-electron chi connectivity index (χ2n) is 8.24. The van der Waals surface area contributed by atoms with Gasteiger partial charge in [-0.25, -0.2) is 0 Å². The number of ether oxygens (including phenoxy) is 2. The molecule has 3 rings (SSSR count). The first-order valence-corrected chi connectivity index (χ1v) is 10.6. The lowest BCUT2D eigenvalue weighted by Gasteiger charge is -2.27. The molecule has 1 aliphatic rings. The van der Waals surface area contributed by atoms with E-state index in [2.05, 4.69) is 20.4 Å². The number of amides is 1. The van der Waals surface area contributed by atoms with Crippen molar-refractivity contribution in [1.29, 1.82) is 0 Å². The minimum Gasteiger partial charge on any atom is -0.484 e. The van der Waals surface area contributed by atoms with E-state index < -0.39 is 24.2 Å². The molecule has 0 radical (unpaired) electrons. The number of alkyl halides is 3. The van der Waals surface area contributed by atoms with Gasteiger partial charge < -0.3 is 24.4 Å². The van der Waals surface area contributed by atoms with E-state index in [0.717, 1.165) is 12.8 Å². The average Bonchev–Trinajstić information content (AvgIpc) is 3.44. The van der Waals surface area contributed by atoms with E-state index in [0.29, 0.717) is 29.6 Å². The van der Waals surface area contributed by atoms with Crippen LogP contribution in [0.4, 0.5) is 13.2 Å². The summed E-state index contributed by atoms with van der Waals surface area (Å²) in [5.41, 5.74) is -0.681. The Bertz CT molecular complexity index is 948. The number of aliphatic hydroxyl groups is 1.